The van der Waals surface area contributed by atoms with Crippen molar-refractivity contribution in [3.63, 3.8) is 0 Å². The lowest BCUT2D eigenvalue weighted by molar-refractivity contribution is -0.166. The van der Waals surface area contributed by atoms with Gasteiger partial charge in [-0.3, -0.25) is 9.59 Å². The summed E-state index contributed by atoms with van der Waals surface area (Å²) < 4.78 is 4.86. The van der Waals surface area contributed by atoms with E-state index in [4.69, 9.17) is 4.74 Å². The summed E-state index contributed by atoms with van der Waals surface area (Å²) in [5, 5.41) is 9.19. The van der Waals surface area contributed by atoms with Gasteiger partial charge in [0.15, 0.2) is 5.92 Å². The van der Waals surface area contributed by atoms with E-state index in [9.17, 15) is 14.7 Å². The molecule has 0 amide bonds. The second kappa shape index (κ2) is 5.32. The lowest BCUT2D eigenvalue weighted by atomic mass is 9.67. The zero-order valence-corrected chi connectivity index (χ0v) is 9.99. The number of hydrogen-bond acceptors (Lipinski definition) is 3. The Bertz CT molecular complexity index is 266. The smallest absolute Gasteiger partial charge is 0.320 e. The SMILES string of the molecule is CCOC(=O)[C@@H](C(=O)O)C1(C)CCCCC1. The highest BCUT2D eigenvalue weighted by atomic mass is 16.5. The summed E-state index contributed by atoms with van der Waals surface area (Å²) in [5.41, 5.74) is -0.434. The molecule has 0 saturated heterocycles. The van der Waals surface area contributed by atoms with Gasteiger partial charge in [0.05, 0.1) is 6.61 Å². The van der Waals surface area contributed by atoms with Gasteiger partial charge in [-0.15, -0.1) is 0 Å². The highest BCUT2D eigenvalue weighted by molar-refractivity contribution is 5.94. The molecule has 4 heteroatoms. The Labute approximate surface area is 96.0 Å². The Balaban J connectivity index is 2.83. The van der Waals surface area contributed by atoms with Crippen LogP contribution in [-0.2, 0) is 14.3 Å². The van der Waals surface area contributed by atoms with Crippen molar-refractivity contribution in [2.24, 2.45) is 11.3 Å². The fourth-order valence-corrected chi connectivity index (χ4v) is 2.56. The molecule has 1 rings (SSSR count). The normalized spacial score (nSPS) is 21.1. The van der Waals surface area contributed by atoms with Gasteiger partial charge in [-0.05, 0) is 25.2 Å². The maximum Gasteiger partial charge on any atom is 0.320 e. The fourth-order valence-electron chi connectivity index (χ4n) is 2.56. The molecule has 0 bridgehead atoms. The van der Waals surface area contributed by atoms with Gasteiger partial charge in [0.2, 0.25) is 0 Å². The van der Waals surface area contributed by atoms with E-state index in [0.717, 1.165) is 32.1 Å². The Morgan fingerprint density at radius 3 is 2.31 bits per heavy atom. The van der Waals surface area contributed by atoms with E-state index >= 15 is 0 Å². The molecule has 0 spiro atoms. The van der Waals surface area contributed by atoms with Crippen LogP contribution in [0.3, 0.4) is 0 Å². The molecule has 0 unspecified atom stereocenters. The number of esters is 1. The third-order valence-corrected chi connectivity index (χ3v) is 3.46. The van der Waals surface area contributed by atoms with E-state index in [1.807, 2.05) is 6.92 Å². The standard InChI is InChI=1S/C12H20O4/c1-3-16-11(15)9(10(13)14)12(2)7-5-4-6-8-12/h9H,3-8H2,1-2H3,(H,13,14)/t9-/m1/s1. The van der Waals surface area contributed by atoms with Crippen molar-refractivity contribution < 1.29 is 19.4 Å². The molecule has 0 heterocycles. The first-order chi connectivity index (χ1) is 7.51. The maximum absolute atomic E-state index is 11.7. The Kier molecular flexibility index (Phi) is 4.33. The van der Waals surface area contributed by atoms with Gasteiger partial charge < -0.3 is 9.84 Å². The van der Waals surface area contributed by atoms with E-state index in [2.05, 4.69) is 0 Å². The number of ether oxygens (including phenoxy) is 1. The number of carboxylic acids is 1. The minimum Gasteiger partial charge on any atom is -0.481 e. The molecule has 1 fully saturated rings. The van der Waals surface area contributed by atoms with Crippen molar-refractivity contribution in [3.05, 3.63) is 0 Å². The summed E-state index contributed by atoms with van der Waals surface area (Å²) >= 11 is 0. The summed E-state index contributed by atoms with van der Waals surface area (Å²) in [6.07, 6.45) is 4.72. The van der Waals surface area contributed by atoms with Gasteiger partial charge in [-0.2, -0.15) is 0 Å². The molecule has 0 aromatic carbocycles. The van der Waals surface area contributed by atoms with E-state index in [-0.39, 0.29) is 6.61 Å². The molecule has 1 N–H and O–H groups in total. The van der Waals surface area contributed by atoms with Gasteiger partial charge >= 0.3 is 11.9 Å². The summed E-state index contributed by atoms with van der Waals surface area (Å²) in [6.45, 7) is 3.82. The maximum atomic E-state index is 11.7. The first kappa shape index (κ1) is 13.0. The molecule has 0 aliphatic heterocycles. The highest BCUT2D eigenvalue weighted by Gasteiger charge is 2.45. The van der Waals surface area contributed by atoms with Gasteiger partial charge in [0.25, 0.3) is 0 Å². The van der Waals surface area contributed by atoms with Crippen LogP contribution >= 0.6 is 0 Å². The van der Waals surface area contributed by atoms with E-state index in [0.29, 0.717) is 0 Å². The van der Waals surface area contributed by atoms with E-state index < -0.39 is 23.3 Å². The predicted octanol–water partition coefficient (Wildman–Crippen LogP) is 2.22. The third kappa shape index (κ3) is 2.74. The second-order valence-electron chi connectivity index (χ2n) is 4.74. The van der Waals surface area contributed by atoms with Crippen LogP contribution in [0.5, 0.6) is 0 Å². The Morgan fingerprint density at radius 2 is 1.88 bits per heavy atom. The lowest BCUT2D eigenvalue weighted by Gasteiger charge is -2.37. The largest absolute Gasteiger partial charge is 0.481 e. The molecule has 0 aromatic heterocycles. The molecular formula is C12H20O4. The monoisotopic (exact) mass is 228 g/mol. The first-order valence-electron chi connectivity index (χ1n) is 5.90. The van der Waals surface area contributed by atoms with Crippen molar-refractivity contribution in [1.29, 1.82) is 0 Å². The highest BCUT2D eigenvalue weighted by Crippen LogP contribution is 2.42. The zero-order valence-electron chi connectivity index (χ0n) is 9.99. The molecule has 1 aliphatic carbocycles. The van der Waals surface area contributed by atoms with Gasteiger partial charge in [0.1, 0.15) is 0 Å². The molecular weight excluding hydrogens is 208 g/mol. The average molecular weight is 228 g/mol. The van der Waals surface area contributed by atoms with Crippen molar-refractivity contribution >= 4 is 11.9 Å². The quantitative estimate of drug-likeness (QED) is 0.592. The summed E-state index contributed by atoms with van der Waals surface area (Å²) in [5.74, 6) is -2.64. The zero-order chi connectivity index (χ0) is 12.2. The number of carbonyl (C=O) groups excluding carboxylic acids is 1. The van der Waals surface area contributed by atoms with Crippen molar-refractivity contribution in [1.82, 2.24) is 0 Å². The van der Waals surface area contributed by atoms with Crippen LogP contribution in [0.25, 0.3) is 0 Å². The predicted molar refractivity (Wildman–Crippen MR) is 59.0 cm³/mol. The molecule has 1 aliphatic rings. The van der Waals surface area contributed by atoms with E-state index in [1.165, 1.54) is 0 Å². The van der Waals surface area contributed by atoms with Crippen LogP contribution in [0, 0.1) is 11.3 Å². The molecule has 16 heavy (non-hydrogen) atoms. The number of rotatable bonds is 4. The van der Waals surface area contributed by atoms with Crippen molar-refractivity contribution in [3.8, 4) is 0 Å². The lowest BCUT2D eigenvalue weighted by Crippen LogP contribution is -2.41. The van der Waals surface area contributed by atoms with Crippen molar-refractivity contribution in [2.75, 3.05) is 6.61 Å². The third-order valence-electron chi connectivity index (χ3n) is 3.46. The summed E-state index contributed by atoms with van der Waals surface area (Å²) in [6, 6.07) is 0. The number of aliphatic carboxylic acids is 1. The van der Waals surface area contributed by atoms with Gasteiger partial charge in [-0.25, -0.2) is 0 Å². The average Bonchev–Trinajstić information content (AvgIpc) is 2.17. The molecule has 1 atom stereocenters. The fraction of sp³-hybridized carbons (Fsp3) is 0.833. The number of carbonyl (C=O) groups is 2. The van der Waals surface area contributed by atoms with Crippen molar-refractivity contribution in [2.45, 2.75) is 46.0 Å². The second-order valence-corrected chi connectivity index (χ2v) is 4.74. The van der Waals surface area contributed by atoms with Gasteiger partial charge in [-0.1, -0.05) is 26.2 Å². The Hall–Kier alpha value is -1.06. The molecule has 0 aromatic rings. The number of carboxylic acid groups (broad SMARTS) is 1. The van der Waals surface area contributed by atoms with Crippen LogP contribution in [0.2, 0.25) is 0 Å². The first-order valence-corrected chi connectivity index (χ1v) is 5.90. The van der Waals surface area contributed by atoms with Crippen LogP contribution < -0.4 is 0 Å². The Morgan fingerprint density at radius 1 is 1.31 bits per heavy atom. The van der Waals surface area contributed by atoms with Crippen LogP contribution in [0.4, 0.5) is 0 Å². The minimum atomic E-state index is -1.05. The molecule has 92 valence electrons. The topological polar surface area (TPSA) is 63.6 Å². The molecule has 4 nitrogen and oxygen atoms in total. The number of hydrogen-bond donors (Lipinski definition) is 1. The van der Waals surface area contributed by atoms with Crippen LogP contribution in [0.1, 0.15) is 46.0 Å². The molecule has 1 saturated carbocycles. The van der Waals surface area contributed by atoms with Gasteiger partial charge in [0, 0.05) is 0 Å². The summed E-state index contributed by atoms with van der Waals surface area (Å²) in [7, 11) is 0. The van der Waals surface area contributed by atoms with Crippen LogP contribution in [-0.4, -0.2) is 23.7 Å². The molecule has 0 radical (unpaired) electrons. The van der Waals surface area contributed by atoms with Crippen LogP contribution in [0.15, 0.2) is 0 Å². The minimum absolute atomic E-state index is 0.235. The summed E-state index contributed by atoms with van der Waals surface area (Å²) in [4.78, 5) is 22.9. The van der Waals surface area contributed by atoms with E-state index in [1.54, 1.807) is 6.92 Å².